The number of carbonyl (C=O) groups is 1. The number of likely N-dealkylation sites (tertiary alicyclic amines) is 1. The number of aromatic nitrogens is 4. The van der Waals surface area contributed by atoms with Gasteiger partial charge in [0.2, 0.25) is 5.88 Å². The van der Waals surface area contributed by atoms with E-state index in [1.54, 1.807) is 30.1 Å². The zero-order valence-corrected chi connectivity index (χ0v) is 22.2. The van der Waals surface area contributed by atoms with Crippen LogP contribution in [0.1, 0.15) is 23.0 Å². The number of piperidine rings is 1. The molecule has 1 amide bonds. The molecule has 9 nitrogen and oxygen atoms in total. The zero-order chi connectivity index (χ0) is 28.6. The topological polar surface area (TPSA) is 88.5 Å². The predicted molar refractivity (Wildman–Crippen MR) is 142 cm³/mol. The number of ether oxygens (including phenoxy) is 2. The number of fused-ring (bicyclic) bond motifs is 1. The van der Waals surface area contributed by atoms with Gasteiger partial charge in [0, 0.05) is 51.3 Å². The Morgan fingerprint density at radius 2 is 1.95 bits per heavy atom. The molecule has 0 radical (unpaired) electrons. The van der Waals surface area contributed by atoms with Crippen LogP contribution in [0, 0.1) is 17.8 Å². The minimum absolute atomic E-state index is 0.00115. The number of nitrogens with one attached hydrogen (secondary N) is 1. The largest absolute Gasteiger partial charge is 0.573 e. The first-order chi connectivity index (χ1) is 19.7. The SMILES string of the molecule is Cn1cnc(OC(=O)N(Cc2cccc(OC(F)(F)F)c2)CC2C3CN(C(c4ccccn4)c4ccc[nH]4)CC23)c1. The molecule has 41 heavy (non-hydrogen) atoms. The fourth-order valence-corrected chi connectivity index (χ4v) is 5.87. The number of imidazole rings is 1. The third-order valence-electron chi connectivity index (χ3n) is 7.72. The average molecular weight is 567 g/mol. The maximum atomic E-state index is 13.3. The molecule has 1 aliphatic carbocycles. The van der Waals surface area contributed by atoms with Crippen LogP contribution in [0.4, 0.5) is 18.0 Å². The number of nitrogens with zero attached hydrogens (tertiary/aromatic N) is 5. The van der Waals surface area contributed by atoms with E-state index in [9.17, 15) is 18.0 Å². The lowest BCUT2D eigenvalue weighted by Gasteiger charge is -2.30. The number of pyridine rings is 1. The van der Waals surface area contributed by atoms with Crippen LogP contribution in [0.25, 0.3) is 0 Å². The summed E-state index contributed by atoms with van der Waals surface area (Å²) in [4.78, 5) is 29.2. The van der Waals surface area contributed by atoms with Gasteiger partial charge in [-0.1, -0.05) is 18.2 Å². The molecule has 6 rings (SSSR count). The highest BCUT2D eigenvalue weighted by Gasteiger charge is 2.57. The van der Waals surface area contributed by atoms with Crippen LogP contribution in [-0.2, 0) is 13.6 Å². The van der Waals surface area contributed by atoms with Crippen LogP contribution < -0.4 is 9.47 Å². The third-order valence-corrected chi connectivity index (χ3v) is 7.72. The van der Waals surface area contributed by atoms with Gasteiger partial charge in [0.15, 0.2) is 0 Å². The number of rotatable bonds is 9. The van der Waals surface area contributed by atoms with E-state index >= 15 is 0 Å². The van der Waals surface area contributed by atoms with Crippen molar-refractivity contribution in [1.82, 2.24) is 29.3 Å². The molecule has 3 atom stereocenters. The molecule has 0 bridgehead atoms. The summed E-state index contributed by atoms with van der Waals surface area (Å²) in [6.07, 6.45) is 1.39. The summed E-state index contributed by atoms with van der Waals surface area (Å²) in [5, 5.41) is 0. The molecule has 4 aromatic rings. The van der Waals surface area contributed by atoms with Gasteiger partial charge in [-0.15, -0.1) is 13.2 Å². The second kappa shape index (κ2) is 10.9. The van der Waals surface area contributed by atoms with Gasteiger partial charge in [0.1, 0.15) is 5.75 Å². The number of alkyl halides is 3. The van der Waals surface area contributed by atoms with Crippen LogP contribution >= 0.6 is 0 Å². The first-order valence-electron chi connectivity index (χ1n) is 13.3. The number of hydrogen-bond acceptors (Lipinski definition) is 6. The molecule has 2 fully saturated rings. The van der Waals surface area contributed by atoms with Crippen molar-refractivity contribution in [2.75, 3.05) is 19.6 Å². The summed E-state index contributed by atoms with van der Waals surface area (Å²) in [5.41, 5.74) is 2.54. The molecule has 2 aliphatic rings. The molecule has 214 valence electrons. The number of amides is 1. The molecule has 1 saturated heterocycles. The third kappa shape index (κ3) is 6.22. The number of aromatic amines is 1. The number of aryl methyl sites for hydroxylation is 1. The monoisotopic (exact) mass is 566 g/mol. The number of halogens is 3. The van der Waals surface area contributed by atoms with Gasteiger partial charge in [-0.2, -0.15) is 0 Å². The lowest BCUT2D eigenvalue weighted by Crippen LogP contribution is -2.37. The molecule has 1 aromatic carbocycles. The van der Waals surface area contributed by atoms with Gasteiger partial charge < -0.3 is 23.9 Å². The molecular weight excluding hydrogens is 537 g/mol. The van der Waals surface area contributed by atoms with Crippen molar-refractivity contribution in [3.8, 4) is 11.6 Å². The molecule has 1 saturated carbocycles. The molecule has 3 aromatic heterocycles. The van der Waals surface area contributed by atoms with E-state index in [1.807, 2.05) is 30.5 Å². The number of hydrogen-bond donors (Lipinski definition) is 1. The lowest BCUT2D eigenvalue weighted by atomic mass is 10.1. The van der Waals surface area contributed by atoms with Crippen molar-refractivity contribution >= 4 is 6.09 Å². The Kier molecular flexibility index (Phi) is 7.16. The van der Waals surface area contributed by atoms with Crippen LogP contribution in [0.5, 0.6) is 11.6 Å². The summed E-state index contributed by atoms with van der Waals surface area (Å²) < 4.78 is 49.6. The maximum Gasteiger partial charge on any atom is 0.573 e. The minimum Gasteiger partial charge on any atom is -0.406 e. The van der Waals surface area contributed by atoms with Crippen LogP contribution in [0.15, 0.2) is 79.5 Å². The Balaban J connectivity index is 1.16. The molecular formula is C29H29F3N6O3. The second-order valence-corrected chi connectivity index (χ2v) is 10.5. The van der Waals surface area contributed by atoms with E-state index in [1.165, 1.54) is 29.4 Å². The van der Waals surface area contributed by atoms with Gasteiger partial charge in [0.05, 0.1) is 24.3 Å². The first kappa shape index (κ1) is 26.9. The zero-order valence-electron chi connectivity index (χ0n) is 22.2. The number of H-pyrrole nitrogens is 1. The average Bonchev–Trinajstić information content (AvgIpc) is 3.43. The van der Waals surface area contributed by atoms with E-state index in [0.717, 1.165) is 24.5 Å². The minimum atomic E-state index is -4.80. The Morgan fingerprint density at radius 1 is 1.12 bits per heavy atom. The van der Waals surface area contributed by atoms with Gasteiger partial charge in [0.25, 0.3) is 0 Å². The predicted octanol–water partition coefficient (Wildman–Crippen LogP) is 5.01. The first-order valence-corrected chi connectivity index (χ1v) is 13.3. The highest BCUT2D eigenvalue weighted by molar-refractivity contribution is 5.70. The van der Waals surface area contributed by atoms with E-state index in [0.29, 0.717) is 23.9 Å². The number of benzene rings is 1. The summed E-state index contributed by atoms with van der Waals surface area (Å²) in [6.45, 7) is 2.16. The standard InChI is InChI=1S/C29H29F3N6O3/c1-36-17-26(35-18-36)40-28(39)38(13-19-6-4-7-20(12-19)41-29(30,31)32)16-23-21-14-37(15-22(21)23)27(25-9-5-11-34-25)24-8-2-3-10-33-24/h2-12,17-18,21-23,27,34H,13-16H2,1H3. The van der Waals surface area contributed by atoms with Crippen molar-refractivity contribution in [2.45, 2.75) is 18.9 Å². The van der Waals surface area contributed by atoms with Crippen LogP contribution in [0.3, 0.4) is 0 Å². The molecule has 12 heteroatoms. The smallest absolute Gasteiger partial charge is 0.406 e. The molecule has 3 unspecified atom stereocenters. The lowest BCUT2D eigenvalue weighted by molar-refractivity contribution is -0.274. The quantitative estimate of drug-likeness (QED) is 0.307. The fourth-order valence-electron chi connectivity index (χ4n) is 5.87. The van der Waals surface area contributed by atoms with E-state index in [-0.39, 0.29) is 30.1 Å². The summed E-state index contributed by atoms with van der Waals surface area (Å²) in [5.74, 6) is 0.812. The van der Waals surface area contributed by atoms with E-state index < -0.39 is 12.5 Å². The molecule has 1 N–H and O–H groups in total. The van der Waals surface area contributed by atoms with Gasteiger partial charge in [-0.05, 0) is 59.7 Å². The van der Waals surface area contributed by atoms with Crippen LogP contribution in [0.2, 0.25) is 0 Å². The van der Waals surface area contributed by atoms with Crippen molar-refractivity contribution < 1.29 is 27.4 Å². The van der Waals surface area contributed by atoms with E-state index in [4.69, 9.17) is 4.74 Å². The molecule has 4 heterocycles. The Morgan fingerprint density at radius 3 is 2.61 bits per heavy atom. The van der Waals surface area contributed by atoms with Crippen molar-refractivity contribution in [3.05, 3.63) is 96.5 Å². The van der Waals surface area contributed by atoms with Gasteiger partial charge in [-0.25, -0.2) is 9.78 Å². The van der Waals surface area contributed by atoms with Crippen LogP contribution in [-0.4, -0.2) is 61.4 Å². The Labute approximate surface area is 234 Å². The normalized spacial score (nSPS) is 20.8. The molecule has 1 aliphatic heterocycles. The summed E-state index contributed by atoms with van der Waals surface area (Å²) >= 11 is 0. The van der Waals surface area contributed by atoms with E-state index in [2.05, 4.69) is 30.7 Å². The Hall–Kier alpha value is -4.32. The number of carbonyl (C=O) groups excluding carboxylic acids is 1. The molecule has 0 spiro atoms. The van der Waals surface area contributed by atoms with Crippen molar-refractivity contribution in [3.63, 3.8) is 0 Å². The fraction of sp³-hybridized carbons (Fsp3) is 0.345. The summed E-state index contributed by atoms with van der Waals surface area (Å²) in [7, 11) is 1.76. The van der Waals surface area contributed by atoms with Crippen molar-refractivity contribution in [1.29, 1.82) is 0 Å². The highest BCUT2D eigenvalue weighted by atomic mass is 19.4. The Bertz CT molecular complexity index is 1460. The summed E-state index contributed by atoms with van der Waals surface area (Å²) in [6, 6.07) is 15.6. The maximum absolute atomic E-state index is 13.3. The van der Waals surface area contributed by atoms with Gasteiger partial charge in [-0.3, -0.25) is 9.88 Å². The van der Waals surface area contributed by atoms with Crippen molar-refractivity contribution in [2.24, 2.45) is 24.8 Å². The van der Waals surface area contributed by atoms with Gasteiger partial charge >= 0.3 is 12.5 Å². The second-order valence-electron chi connectivity index (χ2n) is 10.5. The highest BCUT2D eigenvalue weighted by Crippen LogP contribution is 2.54.